The Kier molecular flexibility index (Phi) is 3.76. The molecule has 0 aliphatic carbocycles. The van der Waals surface area contributed by atoms with Crippen LogP contribution >= 0.6 is 15.9 Å². The number of benzene rings is 1. The maximum absolute atomic E-state index is 13.4. The van der Waals surface area contributed by atoms with Crippen molar-refractivity contribution in [2.24, 2.45) is 0 Å². The van der Waals surface area contributed by atoms with Crippen LogP contribution in [0.4, 0.5) is 20.2 Å². The summed E-state index contributed by atoms with van der Waals surface area (Å²) in [7, 11) is 0. The van der Waals surface area contributed by atoms with Gasteiger partial charge in [-0.3, -0.25) is 4.98 Å². The zero-order chi connectivity index (χ0) is 13.1. The number of nitrogens with one attached hydrogen (secondary N) is 1. The molecule has 0 bridgehead atoms. The lowest BCUT2D eigenvalue weighted by atomic mass is 10.2. The fourth-order valence-electron chi connectivity index (χ4n) is 1.49. The van der Waals surface area contributed by atoms with Gasteiger partial charge in [-0.05, 0) is 22.0 Å². The molecular weight excluding hydrogens is 304 g/mol. The van der Waals surface area contributed by atoms with Gasteiger partial charge in [0.25, 0.3) is 0 Å². The third-order valence-electron chi connectivity index (χ3n) is 2.40. The van der Waals surface area contributed by atoms with Gasteiger partial charge in [-0.15, -0.1) is 0 Å². The molecule has 0 fully saturated rings. The second-order valence-corrected chi connectivity index (χ2v) is 4.53. The Bertz CT molecular complexity index is 555. The average molecular weight is 314 g/mol. The summed E-state index contributed by atoms with van der Waals surface area (Å²) < 4.78 is 26.8. The molecule has 0 amide bonds. The molecule has 18 heavy (non-hydrogen) atoms. The molecule has 1 aromatic heterocycles. The van der Waals surface area contributed by atoms with Crippen molar-refractivity contribution >= 4 is 27.3 Å². The summed E-state index contributed by atoms with van der Waals surface area (Å²) in [6, 6.07) is 3.45. The second kappa shape index (κ2) is 5.30. The largest absolute Gasteiger partial charge is 0.396 e. The second-order valence-electron chi connectivity index (χ2n) is 3.67. The lowest BCUT2D eigenvalue weighted by Gasteiger charge is -2.11. The van der Waals surface area contributed by atoms with Crippen molar-refractivity contribution in [2.45, 2.75) is 6.54 Å². The molecule has 0 unspecified atom stereocenters. The van der Waals surface area contributed by atoms with Crippen molar-refractivity contribution < 1.29 is 8.78 Å². The maximum Gasteiger partial charge on any atom is 0.131 e. The Hall–Kier alpha value is -1.69. The molecule has 0 aliphatic rings. The van der Waals surface area contributed by atoms with Crippen LogP contribution in [0.5, 0.6) is 0 Å². The molecule has 0 saturated heterocycles. The van der Waals surface area contributed by atoms with Crippen LogP contribution in [0.25, 0.3) is 0 Å². The molecule has 94 valence electrons. The van der Waals surface area contributed by atoms with Gasteiger partial charge in [-0.1, -0.05) is 6.07 Å². The van der Waals surface area contributed by atoms with Crippen molar-refractivity contribution in [3.05, 3.63) is 52.3 Å². The SMILES string of the molecule is Nc1cncc(Br)c1NCc1ccc(F)cc1F. The predicted octanol–water partition coefficient (Wildman–Crippen LogP) is 3.32. The van der Waals surface area contributed by atoms with Gasteiger partial charge in [-0.2, -0.15) is 0 Å². The third-order valence-corrected chi connectivity index (χ3v) is 3.00. The smallest absolute Gasteiger partial charge is 0.131 e. The Morgan fingerprint density at radius 3 is 2.72 bits per heavy atom. The lowest BCUT2D eigenvalue weighted by Crippen LogP contribution is -2.05. The van der Waals surface area contributed by atoms with Crippen LogP contribution < -0.4 is 11.1 Å². The monoisotopic (exact) mass is 313 g/mol. The quantitative estimate of drug-likeness (QED) is 0.914. The fraction of sp³-hybridized carbons (Fsp3) is 0.0833. The summed E-state index contributed by atoms with van der Waals surface area (Å²) in [6.07, 6.45) is 3.08. The van der Waals surface area contributed by atoms with Crippen LogP contribution in [-0.2, 0) is 6.54 Å². The highest BCUT2D eigenvalue weighted by Gasteiger charge is 2.07. The fourth-order valence-corrected chi connectivity index (χ4v) is 1.97. The standard InChI is InChI=1S/C12H10BrF2N3/c13-9-5-17-6-11(16)12(9)18-4-7-1-2-8(14)3-10(7)15/h1-3,5-6H,4,16H2,(H,17,18). The number of hydrogen-bond donors (Lipinski definition) is 2. The number of anilines is 2. The molecule has 3 nitrogen and oxygen atoms in total. The molecule has 0 aliphatic heterocycles. The van der Waals surface area contributed by atoms with E-state index in [-0.39, 0.29) is 6.54 Å². The van der Waals surface area contributed by atoms with E-state index in [1.165, 1.54) is 18.3 Å². The van der Waals surface area contributed by atoms with E-state index in [1.54, 1.807) is 6.20 Å². The highest BCUT2D eigenvalue weighted by molar-refractivity contribution is 9.10. The summed E-state index contributed by atoms with van der Waals surface area (Å²) in [5, 5.41) is 2.98. The van der Waals surface area contributed by atoms with Crippen LogP contribution in [0, 0.1) is 11.6 Å². The molecule has 0 saturated carbocycles. The summed E-state index contributed by atoms with van der Waals surface area (Å²) in [6.45, 7) is 0.207. The van der Waals surface area contributed by atoms with Gasteiger partial charge in [0.2, 0.25) is 0 Å². The van der Waals surface area contributed by atoms with Gasteiger partial charge in [0.1, 0.15) is 11.6 Å². The van der Waals surface area contributed by atoms with Crippen molar-refractivity contribution in [2.75, 3.05) is 11.1 Å². The number of nitrogen functional groups attached to an aromatic ring is 1. The van der Waals surface area contributed by atoms with Gasteiger partial charge in [0.05, 0.1) is 22.0 Å². The van der Waals surface area contributed by atoms with Gasteiger partial charge in [0, 0.05) is 24.4 Å². The van der Waals surface area contributed by atoms with E-state index in [1.807, 2.05) is 0 Å². The summed E-state index contributed by atoms with van der Waals surface area (Å²) >= 11 is 3.29. The first-order valence-electron chi connectivity index (χ1n) is 5.14. The molecule has 1 heterocycles. The minimum atomic E-state index is -0.596. The number of hydrogen-bond acceptors (Lipinski definition) is 3. The maximum atomic E-state index is 13.4. The first-order chi connectivity index (χ1) is 8.58. The van der Waals surface area contributed by atoms with Crippen molar-refractivity contribution in [1.82, 2.24) is 4.98 Å². The van der Waals surface area contributed by atoms with Crippen LogP contribution in [0.15, 0.2) is 35.1 Å². The van der Waals surface area contributed by atoms with E-state index >= 15 is 0 Å². The first-order valence-corrected chi connectivity index (χ1v) is 5.94. The zero-order valence-corrected chi connectivity index (χ0v) is 10.8. The van der Waals surface area contributed by atoms with Gasteiger partial charge >= 0.3 is 0 Å². The molecule has 2 aromatic rings. The van der Waals surface area contributed by atoms with Gasteiger partial charge in [0.15, 0.2) is 0 Å². The highest BCUT2D eigenvalue weighted by atomic mass is 79.9. The van der Waals surface area contributed by atoms with Crippen LogP contribution in [0.2, 0.25) is 0 Å². The normalized spacial score (nSPS) is 10.4. The molecule has 1 aromatic carbocycles. The average Bonchev–Trinajstić information content (AvgIpc) is 2.31. The number of rotatable bonds is 3. The topological polar surface area (TPSA) is 50.9 Å². The Balaban J connectivity index is 2.16. The number of pyridine rings is 1. The van der Waals surface area contributed by atoms with Crippen LogP contribution in [0.1, 0.15) is 5.56 Å². The van der Waals surface area contributed by atoms with E-state index in [9.17, 15) is 8.78 Å². The third kappa shape index (κ3) is 2.76. The van der Waals surface area contributed by atoms with E-state index in [0.29, 0.717) is 21.4 Å². The van der Waals surface area contributed by atoms with Gasteiger partial charge in [-0.25, -0.2) is 8.78 Å². The Morgan fingerprint density at radius 2 is 2.06 bits per heavy atom. The van der Waals surface area contributed by atoms with E-state index in [0.717, 1.165) is 6.07 Å². The van der Waals surface area contributed by atoms with E-state index < -0.39 is 11.6 Å². The number of halogens is 3. The minimum Gasteiger partial charge on any atom is -0.396 e. The summed E-state index contributed by atoms with van der Waals surface area (Å²) in [4.78, 5) is 3.89. The summed E-state index contributed by atoms with van der Waals surface area (Å²) in [5.74, 6) is -1.19. The molecule has 0 spiro atoms. The lowest BCUT2D eigenvalue weighted by molar-refractivity contribution is 0.574. The predicted molar refractivity (Wildman–Crippen MR) is 70.0 cm³/mol. The molecule has 6 heteroatoms. The number of nitrogens with zero attached hydrogens (tertiary/aromatic N) is 1. The number of aromatic nitrogens is 1. The molecule has 2 rings (SSSR count). The molecular formula is C12H10BrF2N3. The van der Waals surface area contributed by atoms with E-state index in [2.05, 4.69) is 26.2 Å². The highest BCUT2D eigenvalue weighted by Crippen LogP contribution is 2.27. The number of nitrogens with two attached hydrogens (primary N) is 1. The Morgan fingerprint density at radius 1 is 1.28 bits per heavy atom. The van der Waals surface area contributed by atoms with Crippen LogP contribution in [0.3, 0.4) is 0 Å². The van der Waals surface area contributed by atoms with Crippen molar-refractivity contribution in [3.63, 3.8) is 0 Å². The zero-order valence-electron chi connectivity index (χ0n) is 9.25. The van der Waals surface area contributed by atoms with Gasteiger partial charge < -0.3 is 11.1 Å². The summed E-state index contributed by atoms with van der Waals surface area (Å²) in [5.41, 5.74) is 7.18. The minimum absolute atomic E-state index is 0.207. The van der Waals surface area contributed by atoms with Crippen molar-refractivity contribution in [1.29, 1.82) is 0 Å². The van der Waals surface area contributed by atoms with E-state index in [4.69, 9.17) is 5.73 Å². The molecule has 3 N–H and O–H groups in total. The molecule has 0 atom stereocenters. The Labute approximate surface area is 111 Å². The molecule has 0 radical (unpaired) electrons. The first kappa shape index (κ1) is 12.8. The van der Waals surface area contributed by atoms with Crippen molar-refractivity contribution in [3.8, 4) is 0 Å². The van der Waals surface area contributed by atoms with Crippen LogP contribution in [-0.4, -0.2) is 4.98 Å².